The molecule has 0 spiro atoms. The lowest BCUT2D eigenvalue weighted by atomic mass is 9.84. The molecule has 1 aromatic rings. The van der Waals surface area contributed by atoms with Crippen molar-refractivity contribution in [1.29, 1.82) is 0 Å². The molecule has 2 fully saturated rings. The summed E-state index contributed by atoms with van der Waals surface area (Å²) in [4.78, 5) is 26.5. The first-order valence-corrected chi connectivity index (χ1v) is 8.55. The number of aliphatic hydroxyl groups excluding tert-OH is 1. The lowest BCUT2D eigenvalue weighted by molar-refractivity contribution is -0.141. The molecule has 7 heteroatoms. The van der Waals surface area contributed by atoms with Crippen molar-refractivity contribution in [2.24, 2.45) is 11.8 Å². The number of β-amino-alcohol motifs (C(OH)–C–C–N with tert-alkyl or cyclic N) is 1. The zero-order valence-electron chi connectivity index (χ0n) is 14.4. The predicted molar refractivity (Wildman–Crippen MR) is 97.3 cm³/mol. The van der Waals surface area contributed by atoms with Crippen molar-refractivity contribution in [3.05, 3.63) is 35.9 Å². The summed E-state index contributed by atoms with van der Waals surface area (Å²) in [5.41, 5.74) is 0.982. The van der Waals surface area contributed by atoms with Gasteiger partial charge in [-0.05, 0) is 12.0 Å². The van der Waals surface area contributed by atoms with Crippen molar-refractivity contribution < 1.29 is 14.7 Å². The van der Waals surface area contributed by atoms with E-state index in [1.807, 2.05) is 30.3 Å². The number of benzene rings is 1. The fourth-order valence-corrected chi connectivity index (χ4v) is 3.71. The summed E-state index contributed by atoms with van der Waals surface area (Å²) in [5, 5.41) is 16.0. The second kappa shape index (κ2) is 8.65. The van der Waals surface area contributed by atoms with Gasteiger partial charge in [-0.25, -0.2) is 0 Å². The standard InChI is InChI=1S/C18H25N3O3.ClH/c1-21-16(23)8-7-14(17(21)12-5-3-2-4-6-12)18(24)20-10-13-9-19-11-15(13)22;/h2-6,13-15,17,19,22H,7-11H2,1H3,(H,20,24);1H. The normalized spacial score (nSPS) is 29.2. The SMILES string of the molecule is CN1C(=O)CCC(C(=O)NCC2CNCC2O)C1c1ccccc1.Cl. The molecule has 0 bridgehead atoms. The van der Waals surface area contributed by atoms with Crippen molar-refractivity contribution in [1.82, 2.24) is 15.5 Å². The summed E-state index contributed by atoms with van der Waals surface area (Å²) in [6, 6.07) is 9.47. The van der Waals surface area contributed by atoms with Crippen LogP contribution in [0.25, 0.3) is 0 Å². The lowest BCUT2D eigenvalue weighted by Gasteiger charge is -2.38. The highest BCUT2D eigenvalue weighted by Crippen LogP contribution is 2.35. The van der Waals surface area contributed by atoms with Crippen LogP contribution < -0.4 is 10.6 Å². The Morgan fingerprint density at radius 2 is 2.04 bits per heavy atom. The van der Waals surface area contributed by atoms with Crippen LogP contribution in [-0.4, -0.2) is 54.6 Å². The highest BCUT2D eigenvalue weighted by molar-refractivity contribution is 5.85. The van der Waals surface area contributed by atoms with Crippen LogP contribution in [0.3, 0.4) is 0 Å². The number of nitrogens with zero attached hydrogens (tertiary/aromatic N) is 1. The van der Waals surface area contributed by atoms with Gasteiger partial charge in [-0.2, -0.15) is 0 Å². The fourth-order valence-electron chi connectivity index (χ4n) is 3.71. The highest BCUT2D eigenvalue weighted by Gasteiger charge is 2.39. The molecule has 2 saturated heterocycles. The number of halogens is 1. The van der Waals surface area contributed by atoms with E-state index in [0.717, 1.165) is 5.56 Å². The van der Waals surface area contributed by atoms with Gasteiger partial charge in [0, 0.05) is 39.0 Å². The quantitative estimate of drug-likeness (QED) is 0.732. The van der Waals surface area contributed by atoms with Gasteiger partial charge in [0.1, 0.15) is 0 Å². The van der Waals surface area contributed by atoms with Gasteiger partial charge in [0.05, 0.1) is 18.1 Å². The molecule has 6 nitrogen and oxygen atoms in total. The Balaban J connectivity index is 0.00000225. The summed E-state index contributed by atoms with van der Waals surface area (Å²) < 4.78 is 0. The maximum Gasteiger partial charge on any atom is 0.225 e. The van der Waals surface area contributed by atoms with Gasteiger partial charge in [0.25, 0.3) is 0 Å². The average Bonchev–Trinajstić information content (AvgIpc) is 3.01. The minimum Gasteiger partial charge on any atom is -0.391 e. The summed E-state index contributed by atoms with van der Waals surface area (Å²) >= 11 is 0. The van der Waals surface area contributed by atoms with E-state index in [4.69, 9.17) is 0 Å². The van der Waals surface area contributed by atoms with Crippen LogP contribution in [0.15, 0.2) is 30.3 Å². The molecule has 0 saturated carbocycles. The Morgan fingerprint density at radius 3 is 2.68 bits per heavy atom. The first-order valence-electron chi connectivity index (χ1n) is 8.55. The number of aliphatic hydroxyl groups is 1. The average molecular weight is 368 g/mol. The number of likely N-dealkylation sites (tertiary alicyclic amines) is 1. The van der Waals surface area contributed by atoms with E-state index < -0.39 is 6.10 Å². The third-order valence-electron chi connectivity index (χ3n) is 5.18. The summed E-state index contributed by atoms with van der Waals surface area (Å²) in [6.07, 6.45) is 0.539. The van der Waals surface area contributed by atoms with Crippen molar-refractivity contribution in [2.45, 2.75) is 25.0 Å². The molecular weight excluding hydrogens is 342 g/mol. The number of amides is 2. The molecule has 138 valence electrons. The number of hydrogen-bond donors (Lipinski definition) is 3. The second-order valence-corrected chi connectivity index (χ2v) is 6.74. The first kappa shape index (κ1) is 19.7. The van der Waals surface area contributed by atoms with Crippen molar-refractivity contribution in [2.75, 3.05) is 26.7 Å². The van der Waals surface area contributed by atoms with Crippen LogP contribution in [-0.2, 0) is 9.59 Å². The molecular formula is C18H26ClN3O3. The van der Waals surface area contributed by atoms with Crippen molar-refractivity contribution >= 4 is 24.2 Å². The number of hydrogen-bond acceptors (Lipinski definition) is 4. The minimum atomic E-state index is -0.411. The zero-order chi connectivity index (χ0) is 17.1. The number of carbonyl (C=O) groups excluding carboxylic acids is 2. The summed E-state index contributed by atoms with van der Waals surface area (Å²) in [5.74, 6) is -0.181. The van der Waals surface area contributed by atoms with Crippen LogP contribution >= 0.6 is 12.4 Å². The predicted octanol–water partition coefficient (Wildman–Crippen LogP) is 0.714. The molecule has 0 radical (unpaired) electrons. The van der Waals surface area contributed by atoms with Gasteiger partial charge >= 0.3 is 0 Å². The number of carbonyl (C=O) groups is 2. The van der Waals surface area contributed by atoms with Crippen LogP contribution in [0.5, 0.6) is 0 Å². The monoisotopic (exact) mass is 367 g/mol. The maximum absolute atomic E-state index is 12.7. The van der Waals surface area contributed by atoms with Gasteiger partial charge in [0.15, 0.2) is 0 Å². The Labute approximate surface area is 154 Å². The van der Waals surface area contributed by atoms with E-state index in [2.05, 4.69) is 10.6 Å². The van der Waals surface area contributed by atoms with Gasteiger partial charge in [0.2, 0.25) is 11.8 Å². The van der Waals surface area contributed by atoms with Crippen LogP contribution in [0.4, 0.5) is 0 Å². The summed E-state index contributed by atoms with van der Waals surface area (Å²) in [6.45, 7) is 1.75. The minimum absolute atomic E-state index is 0. The number of piperidine rings is 1. The Hall–Kier alpha value is -1.63. The van der Waals surface area contributed by atoms with E-state index in [9.17, 15) is 14.7 Å². The molecule has 1 aromatic carbocycles. The lowest BCUT2D eigenvalue weighted by Crippen LogP contribution is -2.47. The third-order valence-corrected chi connectivity index (χ3v) is 5.18. The molecule has 0 aliphatic carbocycles. The molecule has 2 aliphatic rings. The van der Waals surface area contributed by atoms with Crippen LogP contribution in [0.1, 0.15) is 24.4 Å². The van der Waals surface area contributed by atoms with Gasteiger partial charge in [-0.3, -0.25) is 9.59 Å². The molecule has 3 N–H and O–H groups in total. The Morgan fingerprint density at radius 1 is 1.32 bits per heavy atom. The molecule has 0 aromatic heterocycles. The van der Waals surface area contributed by atoms with E-state index in [-0.39, 0.29) is 42.1 Å². The largest absolute Gasteiger partial charge is 0.391 e. The van der Waals surface area contributed by atoms with E-state index in [1.54, 1.807) is 11.9 Å². The molecule has 3 rings (SSSR count). The summed E-state index contributed by atoms with van der Waals surface area (Å²) in [7, 11) is 1.77. The van der Waals surface area contributed by atoms with Crippen LogP contribution in [0, 0.1) is 11.8 Å². The van der Waals surface area contributed by atoms with Gasteiger partial charge in [-0.1, -0.05) is 30.3 Å². The first-order chi connectivity index (χ1) is 11.6. The van der Waals surface area contributed by atoms with Gasteiger partial charge in [-0.15, -0.1) is 12.4 Å². The second-order valence-electron chi connectivity index (χ2n) is 6.74. The maximum atomic E-state index is 12.7. The molecule has 2 aliphatic heterocycles. The van der Waals surface area contributed by atoms with E-state index in [1.165, 1.54) is 0 Å². The third kappa shape index (κ3) is 4.32. The van der Waals surface area contributed by atoms with E-state index in [0.29, 0.717) is 32.5 Å². The van der Waals surface area contributed by atoms with Crippen molar-refractivity contribution in [3.63, 3.8) is 0 Å². The smallest absolute Gasteiger partial charge is 0.225 e. The van der Waals surface area contributed by atoms with Crippen LogP contribution in [0.2, 0.25) is 0 Å². The highest BCUT2D eigenvalue weighted by atomic mass is 35.5. The fraction of sp³-hybridized carbons (Fsp3) is 0.556. The molecule has 2 heterocycles. The molecule has 2 amide bonds. The number of rotatable bonds is 4. The molecule has 4 unspecified atom stereocenters. The zero-order valence-corrected chi connectivity index (χ0v) is 15.2. The number of nitrogens with one attached hydrogen (secondary N) is 2. The Bertz CT molecular complexity index is 598. The topological polar surface area (TPSA) is 81.7 Å². The van der Waals surface area contributed by atoms with Crippen molar-refractivity contribution in [3.8, 4) is 0 Å². The molecule has 4 atom stereocenters. The van der Waals surface area contributed by atoms with Gasteiger partial charge < -0.3 is 20.6 Å². The Kier molecular flexibility index (Phi) is 6.81. The van der Waals surface area contributed by atoms with E-state index >= 15 is 0 Å². The molecule has 25 heavy (non-hydrogen) atoms.